The van der Waals surface area contributed by atoms with Crippen LogP contribution in [0, 0.1) is 0 Å². The van der Waals surface area contributed by atoms with Crippen molar-refractivity contribution in [2.24, 2.45) is 0 Å². The Bertz CT molecular complexity index is 549. The monoisotopic (exact) mass is 261 g/mol. The summed E-state index contributed by atoms with van der Waals surface area (Å²) in [5, 5.41) is 6.54. The Morgan fingerprint density at radius 1 is 1.37 bits per heavy atom. The second-order valence-electron chi connectivity index (χ2n) is 3.87. The minimum atomic E-state index is -0.0517. The van der Waals surface area contributed by atoms with E-state index in [4.69, 9.17) is 9.26 Å². The first-order chi connectivity index (χ1) is 9.22. The number of methoxy groups -OCH3 is 1. The summed E-state index contributed by atoms with van der Waals surface area (Å²) in [5.74, 6) is 1.59. The molecule has 6 heteroatoms. The van der Waals surface area contributed by atoms with E-state index in [1.165, 1.54) is 0 Å². The number of rotatable bonds is 5. The van der Waals surface area contributed by atoms with Gasteiger partial charge in [0.1, 0.15) is 5.75 Å². The third-order valence-corrected chi connectivity index (χ3v) is 2.57. The first kappa shape index (κ1) is 13.1. The second kappa shape index (κ2) is 5.99. The van der Waals surface area contributed by atoms with E-state index in [0.717, 1.165) is 11.3 Å². The summed E-state index contributed by atoms with van der Waals surface area (Å²) < 4.78 is 10.1. The predicted octanol–water partition coefficient (Wildman–Crippen LogP) is 1.77. The highest BCUT2D eigenvalue weighted by Crippen LogP contribution is 2.19. The third kappa shape index (κ3) is 3.31. The van der Waals surface area contributed by atoms with E-state index in [1.54, 1.807) is 14.0 Å². The Hall–Kier alpha value is -2.37. The number of hydrogen-bond donors (Lipinski definition) is 1. The molecule has 0 bridgehead atoms. The van der Waals surface area contributed by atoms with Crippen LogP contribution in [-0.4, -0.2) is 23.2 Å². The van der Waals surface area contributed by atoms with E-state index < -0.39 is 0 Å². The molecule has 1 heterocycles. The van der Waals surface area contributed by atoms with E-state index in [9.17, 15) is 4.79 Å². The van der Waals surface area contributed by atoms with Crippen LogP contribution in [0.1, 0.15) is 19.2 Å². The van der Waals surface area contributed by atoms with Crippen molar-refractivity contribution in [2.75, 3.05) is 7.11 Å². The zero-order valence-corrected chi connectivity index (χ0v) is 10.8. The third-order valence-electron chi connectivity index (χ3n) is 2.57. The highest BCUT2D eigenvalue weighted by Gasteiger charge is 2.09. The maximum Gasteiger partial charge on any atom is 0.246 e. The Morgan fingerprint density at radius 2 is 2.11 bits per heavy atom. The topological polar surface area (TPSA) is 77.2 Å². The van der Waals surface area contributed by atoms with Gasteiger partial charge in [-0.3, -0.25) is 4.79 Å². The number of hydrogen-bond acceptors (Lipinski definition) is 5. The molecular weight excluding hydrogens is 246 g/mol. The molecule has 0 saturated heterocycles. The highest BCUT2D eigenvalue weighted by molar-refractivity contribution is 5.75. The summed E-state index contributed by atoms with van der Waals surface area (Å²) in [5.41, 5.74) is 0.831. The molecule has 0 aliphatic heterocycles. The van der Waals surface area contributed by atoms with Gasteiger partial charge < -0.3 is 14.6 Å². The normalized spacial score (nSPS) is 10.2. The molecule has 0 spiro atoms. The smallest absolute Gasteiger partial charge is 0.246 e. The Kier molecular flexibility index (Phi) is 4.12. The van der Waals surface area contributed by atoms with Crippen LogP contribution >= 0.6 is 0 Å². The van der Waals surface area contributed by atoms with Crippen molar-refractivity contribution in [1.82, 2.24) is 15.5 Å². The average Bonchev–Trinajstić information content (AvgIpc) is 2.93. The van der Waals surface area contributed by atoms with Crippen molar-refractivity contribution >= 4 is 5.91 Å². The standard InChI is InChI=1S/C13H15N3O3/c1-3-11(17)14-8-12-15-13(16-19-12)9-4-6-10(18-2)7-5-9/h4-7H,3,8H2,1-2H3,(H,14,17). The summed E-state index contributed by atoms with van der Waals surface area (Å²) >= 11 is 0. The van der Waals surface area contributed by atoms with Gasteiger partial charge in [0, 0.05) is 12.0 Å². The van der Waals surface area contributed by atoms with Crippen molar-refractivity contribution in [3.8, 4) is 17.1 Å². The van der Waals surface area contributed by atoms with Gasteiger partial charge in [-0.15, -0.1) is 0 Å². The fourth-order valence-corrected chi connectivity index (χ4v) is 1.48. The maximum atomic E-state index is 11.1. The fraction of sp³-hybridized carbons (Fsp3) is 0.308. The molecule has 1 aromatic carbocycles. The zero-order chi connectivity index (χ0) is 13.7. The second-order valence-corrected chi connectivity index (χ2v) is 3.87. The number of amides is 1. The number of carbonyl (C=O) groups is 1. The van der Waals surface area contributed by atoms with E-state index in [2.05, 4.69) is 15.5 Å². The van der Waals surface area contributed by atoms with Gasteiger partial charge in [0.25, 0.3) is 0 Å². The van der Waals surface area contributed by atoms with Crippen molar-refractivity contribution in [3.05, 3.63) is 30.2 Å². The lowest BCUT2D eigenvalue weighted by Crippen LogP contribution is -2.21. The van der Waals surface area contributed by atoms with Gasteiger partial charge in [-0.05, 0) is 24.3 Å². The van der Waals surface area contributed by atoms with Crippen LogP contribution in [0.2, 0.25) is 0 Å². The van der Waals surface area contributed by atoms with E-state index in [1.807, 2.05) is 24.3 Å². The lowest BCUT2D eigenvalue weighted by Gasteiger charge is -1.99. The molecule has 1 aromatic heterocycles. The molecule has 0 aliphatic rings. The molecule has 100 valence electrons. The maximum absolute atomic E-state index is 11.1. The van der Waals surface area contributed by atoms with Gasteiger partial charge in [-0.2, -0.15) is 4.98 Å². The van der Waals surface area contributed by atoms with Crippen LogP contribution < -0.4 is 10.1 Å². The molecule has 0 radical (unpaired) electrons. The molecule has 1 N–H and O–H groups in total. The quantitative estimate of drug-likeness (QED) is 0.887. The van der Waals surface area contributed by atoms with Gasteiger partial charge >= 0.3 is 0 Å². The molecule has 0 aliphatic carbocycles. The lowest BCUT2D eigenvalue weighted by molar-refractivity contribution is -0.121. The largest absolute Gasteiger partial charge is 0.497 e. The van der Waals surface area contributed by atoms with Crippen LogP contribution in [0.15, 0.2) is 28.8 Å². The first-order valence-corrected chi connectivity index (χ1v) is 5.96. The molecule has 0 atom stereocenters. The van der Waals surface area contributed by atoms with Gasteiger partial charge in [0.2, 0.25) is 17.6 Å². The molecule has 6 nitrogen and oxygen atoms in total. The van der Waals surface area contributed by atoms with E-state index in [0.29, 0.717) is 18.1 Å². The summed E-state index contributed by atoms with van der Waals surface area (Å²) in [7, 11) is 1.61. The molecule has 0 fully saturated rings. The Morgan fingerprint density at radius 3 is 2.74 bits per heavy atom. The number of carbonyl (C=O) groups excluding carboxylic acids is 1. The number of nitrogens with one attached hydrogen (secondary N) is 1. The first-order valence-electron chi connectivity index (χ1n) is 5.96. The number of ether oxygens (including phenoxy) is 1. The van der Waals surface area contributed by atoms with Gasteiger partial charge in [0.15, 0.2) is 0 Å². The SMILES string of the molecule is CCC(=O)NCc1nc(-c2ccc(OC)cc2)no1. The number of nitrogens with zero attached hydrogens (tertiary/aromatic N) is 2. The molecule has 0 saturated carbocycles. The Balaban J connectivity index is 2.05. The number of benzene rings is 1. The van der Waals surface area contributed by atoms with Crippen LogP contribution in [0.4, 0.5) is 0 Å². The van der Waals surface area contributed by atoms with Crippen molar-refractivity contribution in [2.45, 2.75) is 19.9 Å². The van der Waals surface area contributed by atoms with E-state index in [-0.39, 0.29) is 12.5 Å². The fourth-order valence-electron chi connectivity index (χ4n) is 1.48. The average molecular weight is 261 g/mol. The minimum Gasteiger partial charge on any atom is -0.497 e. The van der Waals surface area contributed by atoms with Crippen molar-refractivity contribution in [1.29, 1.82) is 0 Å². The lowest BCUT2D eigenvalue weighted by atomic mass is 10.2. The van der Waals surface area contributed by atoms with E-state index >= 15 is 0 Å². The molecule has 1 amide bonds. The summed E-state index contributed by atoms with van der Waals surface area (Å²) in [4.78, 5) is 15.3. The molecule has 2 aromatic rings. The van der Waals surface area contributed by atoms with Crippen molar-refractivity contribution < 1.29 is 14.1 Å². The van der Waals surface area contributed by atoms with Gasteiger partial charge in [-0.1, -0.05) is 12.1 Å². The molecule has 2 rings (SSSR count). The van der Waals surface area contributed by atoms with Crippen LogP contribution in [-0.2, 0) is 11.3 Å². The van der Waals surface area contributed by atoms with Gasteiger partial charge in [0.05, 0.1) is 13.7 Å². The zero-order valence-electron chi connectivity index (χ0n) is 10.8. The van der Waals surface area contributed by atoms with Crippen LogP contribution in [0.25, 0.3) is 11.4 Å². The number of aromatic nitrogens is 2. The van der Waals surface area contributed by atoms with Crippen molar-refractivity contribution in [3.63, 3.8) is 0 Å². The minimum absolute atomic E-state index is 0.0517. The van der Waals surface area contributed by atoms with Crippen LogP contribution in [0.5, 0.6) is 5.75 Å². The summed E-state index contributed by atoms with van der Waals surface area (Å²) in [6.45, 7) is 2.03. The summed E-state index contributed by atoms with van der Waals surface area (Å²) in [6, 6.07) is 7.34. The summed E-state index contributed by atoms with van der Waals surface area (Å²) in [6.07, 6.45) is 0.430. The molecule has 19 heavy (non-hydrogen) atoms. The predicted molar refractivity (Wildman–Crippen MR) is 68.4 cm³/mol. The van der Waals surface area contributed by atoms with Crippen LogP contribution in [0.3, 0.4) is 0 Å². The Labute approximate surface area is 110 Å². The molecule has 0 unspecified atom stereocenters. The molecular formula is C13H15N3O3. The van der Waals surface area contributed by atoms with Gasteiger partial charge in [-0.25, -0.2) is 0 Å². The highest BCUT2D eigenvalue weighted by atomic mass is 16.5.